The van der Waals surface area contributed by atoms with Gasteiger partial charge in [-0.2, -0.15) is 0 Å². The molecular formula is C18H16N2O. The number of allylic oxidation sites excluding steroid dienone is 1. The summed E-state index contributed by atoms with van der Waals surface area (Å²) in [5.74, 6) is 0. The van der Waals surface area contributed by atoms with Gasteiger partial charge in [0.25, 0.3) is 0 Å². The molecule has 0 bridgehead atoms. The van der Waals surface area contributed by atoms with E-state index in [2.05, 4.69) is 9.98 Å². The van der Waals surface area contributed by atoms with E-state index in [1.807, 2.05) is 72.8 Å². The first-order chi connectivity index (χ1) is 10.3. The molecule has 1 N–H and O–H groups in total. The summed E-state index contributed by atoms with van der Waals surface area (Å²) in [5, 5.41) is 10.4. The molecule has 3 heteroatoms. The first-order valence-electron chi connectivity index (χ1n) is 6.94. The minimum Gasteiger partial charge on any atom is -0.381 e. The highest BCUT2D eigenvalue weighted by atomic mass is 16.3. The molecule has 0 heterocycles. The SMILES string of the molecule is OC1C(=Nc2ccccc2)C=CCC1=Nc1ccccc1. The van der Waals surface area contributed by atoms with Crippen LogP contribution in [0.1, 0.15) is 6.42 Å². The minimum absolute atomic E-state index is 0.627. The standard InChI is InChI=1S/C18H16N2O/c21-18-16(19-14-8-3-1-4-9-14)12-7-13-17(18)20-15-10-5-2-6-11-15/h1-12,18,21H,13H2. The van der Waals surface area contributed by atoms with Crippen molar-refractivity contribution in [3.8, 4) is 0 Å². The quantitative estimate of drug-likeness (QED) is 0.889. The van der Waals surface area contributed by atoms with Crippen LogP contribution in [0.3, 0.4) is 0 Å². The number of aliphatic imine (C=N–C) groups is 2. The van der Waals surface area contributed by atoms with E-state index >= 15 is 0 Å². The first-order valence-corrected chi connectivity index (χ1v) is 6.94. The summed E-state index contributed by atoms with van der Waals surface area (Å²) in [5.41, 5.74) is 3.03. The summed E-state index contributed by atoms with van der Waals surface area (Å²) < 4.78 is 0. The molecule has 1 aliphatic carbocycles. The summed E-state index contributed by atoms with van der Waals surface area (Å²) >= 11 is 0. The number of aliphatic hydroxyl groups excluding tert-OH is 1. The van der Waals surface area contributed by atoms with E-state index in [1.54, 1.807) is 0 Å². The second-order valence-corrected chi connectivity index (χ2v) is 4.82. The summed E-state index contributed by atoms with van der Waals surface area (Å²) in [6.07, 6.45) is 3.73. The van der Waals surface area contributed by atoms with E-state index in [-0.39, 0.29) is 0 Å². The lowest BCUT2D eigenvalue weighted by molar-refractivity contribution is 0.304. The molecule has 104 valence electrons. The largest absolute Gasteiger partial charge is 0.381 e. The predicted octanol–water partition coefficient (Wildman–Crippen LogP) is 3.85. The number of benzene rings is 2. The summed E-state index contributed by atoms with van der Waals surface area (Å²) in [6, 6.07) is 19.3. The lowest BCUT2D eigenvalue weighted by Gasteiger charge is -2.17. The summed E-state index contributed by atoms with van der Waals surface area (Å²) in [7, 11) is 0. The molecule has 0 fully saturated rings. The molecule has 0 aliphatic heterocycles. The molecule has 3 rings (SSSR count). The fourth-order valence-electron chi connectivity index (χ4n) is 2.20. The van der Waals surface area contributed by atoms with Crippen LogP contribution in [0.5, 0.6) is 0 Å². The third-order valence-corrected chi connectivity index (χ3v) is 3.25. The fourth-order valence-corrected chi connectivity index (χ4v) is 2.20. The molecule has 0 spiro atoms. The van der Waals surface area contributed by atoms with Gasteiger partial charge < -0.3 is 5.11 Å². The Hall–Kier alpha value is -2.52. The Morgan fingerprint density at radius 1 is 0.810 bits per heavy atom. The van der Waals surface area contributed by atoms with Gasteiger partial charge in [-0.25, -0.2) is 0 Å². The molecule has 2 aromatic rings. The van der Waals surface area contributed by atoms with E-state index in [1.165, 1.54) is 0 Å². The molecule has 3 nitrogen and oxygen atoms in total. The maximum atomic E-state index is 10.4. The number of para-hydroxylation sites is 2. The highest BCUT2D eigenvalue weighted by molar-refractivity contribution is 6.18. The topological polar surface area (TPSA) is 45.0 Å². The second kappa shape index (κ2) is 6.29. The lowest BCUT2D eigenvalue weighted by Crippen LogP contribution is -2.31. The van der Waals surface area contributed by atoms with Gasteiger partial charge in [0.1, 0.15) is 6.10 Å². The Labute approximate surface area is 124 Å². The first kappa shape index (κ1) is 13.5. The van der Waals surface area contributed by atoms with Gasteiger partial charge in [-0.1, -0.05) is 42.5 Å². The molecule has 2 aromatic carbocycles. The van der Waals surface area contributed by atoms with Crippen LogP contribution >= 0.6 is 0 Å². The number of aliphatic hydroxyl groups is 1. The van der Waals surface area contributed by atoms with E-state index in [0.717, 1.165) is 17.1 Å². The molecule has 21 heavy (non-hydrogen) atoms. The van der Waals surface area contributed by atoms with Crippen molar-refractivity contribution in [2.45, 2.75) is 12.5 Å². The lowest BCUT2D eigenvalue weighted by atomic mass is 9.99. The van der Waals surface area contributed by atoms with E-state index < -0.39 is 6.10 Å². The van der Waals surface area contributed by atoms with Gasteiger partial charge in [0, 0.05) is 6.42 Å². The van der Waals surface area contributed by atoms with Crippen LogP contribution in [0.4, 0.5) is 11.4 Å². The zero-order chi connectivity index (χ0) is 14.5. The third kappa shape index (κ3) is 3.33. The van der Waals surface area contributed by atoms with Gasteiger partial charge in [0.15, 0.2) is 0 Å². The molecule has 0 amide bonds. The van der Waals surface area contributed by atoms with Crippen LogP contribution in [-0.2, 0) is 0 Å². The predicted molar refractivity (Wildman–Crippen MR) is 86.8 cm³/mol. The Morgan fingerprint density at radius 2 is 1.38 bits per heavy atom. The molecule has 1 aliphatic rings. The maximum Gasteiger partial charge on any atom is 0.134 e. The third-order valence-electron chi connectivity index (χ3n) is 3.25. The van der Waals surface area contributed by atoms with Crippen molar-refractivity contribution in [3.05, 3.63) is 72.8 Å². The van der Waals surface area contributed by atoms with Crippen LogP contribution in [0, 0.1) is 0 Å². The Balaban J connectivity index is 1.89. The Morgan fingerprint density at radius 3 is 2.00 bits per heavy atom. The van der Waals surface area contributed by atoms with E-state index in [4.69, 9.17) is 0 Å². The molecule has 1 unspecified atom stereocenters. The smallest absolute Gasteiger partial charge is 0.134 e. The minimum atomic E-state index is -0.754. The van der Waals surface area contributed by atoms with Crippen LogP contribution in [-0.4, -0.2) is 22.6 Å². The molecule has 0 saturated heterocycles. The molecular weight excluding hydrogens is 260 g/mol. The zero-order valence-electron chi connectivity index (χ0n) is 11.6. The number of rotatable bonds is 2. The van der Waals surface area contributed by atoms with E-state index in [9.17, 15) is 5.11 Å². The van der Waals surface area contributed by atoms with Crippen molar-refractivity contribution < 1.29 is 5.11 Å². The monoisotopic (exact) mass is 276 g/mol. The maximum absolute atomic E-state index is 10.4. The van der Waals surface area contributed by atoms with Crippen molar-refractivity contribution in [3.63, 3.8) is 0 Å². The van der Waals surface area contributed by atoms with Crippen LogP contribution in [0.2, 0.25) is 0 Å². The van der Waals surface area contributed by atoms with Crippen molar-refractivity contribution in [1.29, 1.82) is 0 Å². The van der Waals surface area contributed by atoms with Crippen LogP contribution < -0.4 is 0 Å². The van der Waals surface area contributed by atoms with Crippen molar-refractivity contribution in [2.24, 2.45) is 9.98 Å². The van der Waals surface area contributed by atoms with Crippen LogP contribution in [0.15, 0.2) is 82.8 Å². The normalized spacial score (nSPS) is 21.9. The average molecular weight is 276 g/mol. The molecule has 0 radical (unpaired) electrons. The highest BCUT2D eigenvalue weighted by Crippen LogP contribution is 2.18. The summed E-state index contributed by atoms with van der Waals surface area (Å²) in [6.45, 7) is 0. The Kier molecular flexibility index (Phi) is 4.03. The molecule has 1 atom stereocenters. The van der Waals surface area contributed by atoms with Crippen molar-refractivity contribution in [2.75, 3.05) is 0 Å². The van der Waals surface area contributed by atoms with Gasteiger partial charge in [-0.15, -0.1) is 0 Å². The van der Waals surface area contributed by atoms with E-state index in [0.29, 0.717) is 12.1 Å². The average Bonchev–Trinajstić information content (AvgIpc) is 2.53. The number of hydrogen-bond donors (Lipinski definition) is 1. The second-order valence-electron chi connectivity index (χ2n) is 4.82. The van der Waals surface area contributed by atoms with Gasteiger partial charge in [-0.05, 0) is 30.3 Å². The van der Waals surface area contributed by atoms with Crippen LogP contribution in [0.25, 0.3) is 0 Å². The van der Waals surface area contributed by atoms with Gasteiger partial charge in [-0.3, -0.25) is 9.98 Å². The summed E-state index contributed by atoms with van der Waals surface area (Å²) in [4.78, 5) is 9.02. The zero-order valence-corrected chi connectivity index (χ0v) is 11.6. The molecule has 0 saturated carbocycles. The Bertz CT molecular complexity index is 688. The van der Waals surface area contributed by atoms with Gasteiger partial charge in [0.2, 0.25) is 0 Å². The number of hydrogen-bond acceptors (Lipinski definition) is 3. The number of nitrogens with zero attached hydrogens (tertiary/aromatic N) is 2. The van der Waals surface area contributed by atoms with Crippen molar-refractivity contribution >= 4 is 22.8 Å². The van der Waals surface area contributed by atoms with Gasteiger partial charge >= 0.3 is 0 Å². The van der Waals surface area contributed by atoms with Crippen molar-refractivity contribution in [1.82, 2.24) is 0 Å². The van der Waals surface area contributed by atoms with Gasteiger partial charge in [0.05, 0.1) is 22.8 Å². The fraction of sp³-hybridized carbons (Fsp3) is 0.111. The highest BCUT2D eigenvalue weighted by Gasteiger charge is 2.20. The molecule has 0 aromatic heterocycles.